The maximum absolute atomic E-state index is 12.0. The van der Waals surface area contributed by atoms with E-state index in [1.54, 1.807) is 13.2 Å². The lowest BCUT2D eigenvalue weighted by Crippen LogP contribution is -2.33. The van der Waals surface area contributed by atoms with Gasteiger partial charge in [-0.05, 0) is 36.1 Å². The lowest BCUT2D eigenvalue weighted by molar-refractivity contribution is -0.141. The number of hydrogen-bond donors (Lipinski definition) is 1. The Kier molecular flexibility index (Phi) is 7.21. The van der Waals surface area contributed by atoms with Crippen molar-refractivity contribution in [3.63, 3.8) is 0 Å². The molecule has 0 saturated heterocycles. The number of aromatic nitrogens is 2. The van der Waals surface area contributed by atoms with E-state index in [1.165, 1.54) is 7.11 Å². The Bertz CT molecular complexity index is 735. The van der Waals surface area contributed by atoms with Crippen LogP contribution in [-0.4, -0.2) is 36.2 Å². The van der Waals surface area contributed by atoms with Crippen LogP contribution in [-0.2, 0) is 16.0 Å². The zero-order valence-corrected chi connectivity index (χ0v) is 16.2. The number of carbonyl (C=O) groups excluding carboxylic acids is 1. The first kappa shape index (κ1) is 20.0. The fraction of sp³-hybridized carbons (Fsp3) is 0.421. The third-order valence-electron chi connectivity index (χ3n) is 3.79. The Morgan fingerprint density at radius 1 is 1.19 bits per heavy atom. The van der Waals surface area contributed by atoms with E-state index in [-0.39, 0.29) is 5.97 Å². The second-order valence-electron chi connectivity index (χ2n) is 6.38. The van der Waals surface area contributed by atoms with E-state index in [0.717, 1.165) is 17.0 Å². The van der Waals surface area contributed by atoms with Crippen molar-refractivity contribution in [2.45, 2.75) is 32.7 Å². The Balaban J connectivity index is 2.17. The van der Waals surface area contributed by atoms with Crippen LogP contribution in [0.2, 0.25) is 5.15 Å². The lowest BCUT2D eigenvalue weighted by atomic mass is 10.0. The maximum atomic E-state index is 12.0. The Labute approximate surface area is 158 Å². The van der Waals surface area contributed by atoms with Gasteiger partial charge in [0, 0.05) is 6.42 Å². The van der Waals surface area contributed by atoms with Crippen LogP contribution in [0.4, 0.5) is 5.95 Å². The van der Waals surface area contributed by atoms with Crippen molar-refractivity contribution in [3.8, 4) is 5.75 Å². The molecule has 1 heterocycles. The van der Waals surface area contributed by atoms with Crippen molar-refractivity contribution in [2.75, 3.05) is 19.5 Å². The van der Waals surface area contributed by atoms with Crippen molar-refractivity contribution in [1.29, 1.82) is 0 Å². The average Bonchev–Trinajstić information content (AvgIpc) is 2.60. The predicted molar refractivity (Wildman–Crippen MR) is 102 cm³/mol. The Hall–Kier alpha value is -2.34. The highest BCUT2D eigenvalue weighted by atomic mass is 35.5. The molecule has 0 unspecified atom stereocenters. The zero-order chi connectivity index (χ0) is 19.1. The molecule has 1 atom stereocenters. The molecular formula is C19H24ClN3O3. The third kappa shape index (κ3) is 5.88. The molecule has 7 heteroatoms. The number of halogens is 1. The minimum Gasteiger partial charge on any atom is -0.497 e. The number of nitrogens with one attached hydrogen (secondary N) is 1. The normalized spacial score (nSPS) is 11.9. The highest BCUT2D eigenvalue weighted by Gasteiger charge is 2.21. The summed E-state index contributed by atoms with van der Waals surface area (Å²) in [5, 5.41) is 3.36. The highest BCUT2D eigenvalue weighted by molar-refractivity contribution is 6.29. The van der Waals surface area contributed by atoms with Crippen LogP contribution in [0.25, 0.3) is 0 Å². The van der Waals surface area contributed by atoms with Gasteiger partial charge in [0.15, 0.2) is 0 Å². The van der Waals surface area contributed by atoms with Crippen LogP contribution in [0.3, 0.4) is 0 Å². The van der Waals surface area contributed by atoms with Crippen LogP contribution in [0.1, 0.15) is 31.5 Å². The van der Waals surface area contributed by atoms with Gasteiger partial charge in [0.1, 0.15) is 16.9 Å². The standard InChI is InChI=1S/C19H24ClN3O3/c1-12(2)9-16(18(24)26-4)22-19-21-14(11-17(20)23-19)10-13-5-7-15(25-3)8-6-13/h5-8,11-12,16H,9-10H2,1-4H3,(H,21,22,23)/t16-/m1/s1. The molecule has 26 heavy (non-hydrogen) atoms. The monoisotopic (exact) mass is 377 g/mol. The van der Waals surface area contributed by atoms with Crippen LogP contribution in [0, 0.1) is 5.92 Å². The number of carbonyl (C=O) groups is 1. The fourth-order valence-corrected chi connectivity index (χ4v) is 2.76. The van der Waals surface area contributed by atoms with E-state index in [9.17, 15) is 4.79 Å². The number of esters is 1. The van der Waals surface area contributed by atoms with Gasteiger partial charge in [0.25, 0.3) is 0 Å². The van der Waals surface area contributed by atoms with Gasteiger partial charge >= 0.3 is 5.97 Å². The molecule has 1 N–H and O–H groups in total. The summed E-state index contributed by atoms with van der Waals surface area (Å²) in [6.45, 7) is 4.07. The van der Waals surface area contributed by atoms with Gasteiger partial charge in [0.2, 0.25) is 5.95 Å². The smallest absolute Gasteiger partial charge is 0.328 e. The molecule has 1 aromatic heterocycles. The van der Waals surface area contributed by atoms with Crippen molar-refractivity contribution in [2.24, 2.45) is 5.92 Å². The molecule has 0 amide bonds. The molecule has 2 rings (SSSR count). The quantitative estimate of drug-likeness (QED) is 0.558. The molecule has 0 aliphatic carbocycles. The first-order chi connectivity index (χ1) is 12.4. The van der Waals surface area contributed by atoms with Crippen molar-refractivity contribution < 1.29 is 14.3 Å². The first-order valence-electron chi connectivity index (χ1n) is 8.42. The summed E-state index contributed by atoms with van der Waals surface area (Å²) >= 11 is 6.14. The second kappa shape index (κ2) is 9.38. The summed E-state index contributed by atoms with van der Waals surface area (Å²) in [5.74, 6) is 1.08. The number of nitrogens with zero attached hydrogens (tertiary/aromatic N) is 2. The molecule has 0 fully saturated rings. The minimum absolute atomic E-state index is 0.310. The fourth-order valence-electron chi connectivity index (χ4n) is 2.56. The Morgan fingerprint density at radius 3 is 2.46 bits per heavy atom. The van der Waals surface area contributed by atoms with Gasteiger partial charge in [-0.1, -0.05) is 37.6 Å². The first-order valence-corrected chi connectivity index (χ1v) is 8.79. The number of methoxy groups -OCH3 is 2. The number of ether oxygens (including phenoxy) is 2. The molecule has 6 nitrogen and oxygen atoms in total. The molecule has 1 aromatic carbocycles. The largest absolute Gasteiger partial charge is 0.497 e. The van der Waals surface area contributed by atoms with E-state index < -0.39 is 6.04 Å². The summed E-state index contributed by atoms with van der Waals surface area (Å²) in [5.41, 5.74) is 1.82. The maximum Gasteiger partial charge on any atom is 0.328 e. The van der Waals surface area contributed by atoms with E-state index in [1.807, 2.05) is 38.1 Å². The number of benzene rings is 1. The summed E-state index contributed by atoms with van der Waals surface area (Å²) in [6.07, 6.45) is 1.20. The van der Waals surface area contributed by atoms with E-state index in [2.05, 4.69) is 15.3 Å². The second-order valence-corrected chi connectivity index (χ2v) is 6.77. The van der Waals surface area contributed by atoms with Gasteiger partial charge < -0.3 is 14.8 Å². The summed E-state index contributed by atoms with van der Waals surface area (Å²) in [7, 11) is 3.00. The summed E-state index contributed by atoms with van der Waals surface area (Å²) in [4.78, 5) is 20.7. The van der Waals surface area contributed by atoms with Crippen LogP contribution >= 0.6 is 11.6 Å². The average molecular weight is 378 g/mol. The molecule has 0 spiro atoms. The molecule has 0 radical (unpaired) electrons. The van der Waals surface area contributed by atoms with E-state index >= 15 is 0 Å². The van der Waals surface area contributed by atoms with Crippen LogP contribution < -0.4 is 10.1 Å². The summed E-state index contributed by atoms with van der Waals surface area (Å²) in [6, 6.07) is 8.93. The van der Waals surface area contributed by atoms with Gasteiger partial charge in [-0.2, -0.15) is 0 Å². The molecule has 140 valence electrons. The van der Waals surface area contributed by atoms with Crippen LogP contribution in [0.5, 0.6) is 5.75 Å². The SMILES string of the molecule is COC(=O)[C@@H](CC(C)C)Nc1nc(Cl)cc(Cc2ccc(OC)cc2)n1. The number of anilines is 1. The van der Waals surface area contributed by atoms with Crippen molar-refractivity contribution in [3.05, 3.63) is 46.7 Å². The van der Waals surface area contributed by atoms with Gasteiger partial charge in [-0.3, -0.25) is 0 Å². The molecule has 0 aliphatic rings. The highest BCUT2D eigenvalue weighted by Crippen LogP contribution is 2.18. The zero-order valence-electron chi connectivity index (χ0n) is 15.5. The number of rotatable bonds is 8. The van der Waals surface area contributed by atoms with E-state index in [4.69, 9.17) is 21.1 Å². The molecule has 0 aliphatic heterocycles. The van der Waals surface area contributed by atoms with Gasteiger partial charge in [0.05, 0.1) is 19.9 Å². The van der Waals surface area contributed by atoms with Crippen molar-refractivity contribution >= 4 is 23.5 Å². The lowest BCUT2D eigenvalue weighted by Gasteiger charge is -2.18. The van der Waals surface area contributed by atoms with Gasteiger partial charge in [-0.25, -0.2) is 14.8 Å². The number of hydrogen-bond acceptors (Lipinski definition) is 6. The predicted octanol–water partition coefficient (Wildman–Crippen LogP) is 3.73. The molecule has 0 saturated carbocycles. The van der Waals surface area contributed by atoms with Crippen LogP contribution in [0.15, 0.2) is 30.3 Å². The minimum atomic E-state index is -0.521. The molecular weight excluding hydrogens is 354 g/mol. The van der Waals surface area contributed by atoms with Crippen molar-refractivity contribution in [1.82, 2.24) is 9.97 Å². The third-order valence-corrected chi connectivity index (χ3v) is 3.98. The topological polar surface area (TPSA) is 73.3 Å². The summed E-state index contributed by atoms with van der Waals surface area (Å²) < 4.78 is 10.0. The van der Waals surface area contributed by atoms with E-state index in [0.29, 0.717) is 29.9 Å². The molecule has 2 aromatic rings. The van der Waals surface area contributed by atoms with Gasteiger partial charge in [-0.15, -0.1) is 0 Å². The molecule has 0 bridgehead atoms. The Morgan fingerprint density at radius 2 is 1.88 bits per heavy atom.